The van der Waals surface area contributed by atoms with Crippen molar-refractivity contribution in [2.45, 2.75) is 31.6 Å². The van der Waals surface area contributed by atoms with Gasteiger partial charge in [-0.1, -0.05) is 12.1 Å². The van der Waals surface area contributed by atoms with Crippen LogP contribution in [0.4, 0.5) is 0 Å². The van der Waals surface area contributed by atoms with Gasteiger partial charge in [0.15, 0.2) is 6.10 Å². The number of nitrogens with zero attached hydrogens (tertiary/aromatic N) is 1. The van der Waals surface area contributed by atoms with Gasteiger partial charge in [-0.3, -0.25) is 9.59 Å². The summed E-state index contributed by atoms with van der Waals surface area (Å²) >= 11 is 0. The Morgan fingerprint density at radius 1 is 1.26 bits per heavy atom. The van der Waals surface area contributed by atoms with Crippen molar-refractivity contribution in [3.05, 3.63) is 35.4 Å². The van der Waals surface area contributed by atoms with Crippen LogP contribution in [0, 0.1) is 0 Å². The number of benzene rings is 1. The van der Waals surface area contributed by atoms with E-state index in [1.807, 2.05) is 6.07 Å². The van der Waals surface area contributed by atoms with Crippen LogP contribution in [-0.2, 0) is 20.9 Å². The summed E-state index contributed by atoms with van der Waals surface area (Å²) in [5.74, 6) is -1.49. The van der Waals surface area contributed by atoms with Crippen LogP contribution in [0.2, 0.25) is 0 Å². The predicted molar refractivity (Wildman–Crippen MR) is 81.8 cm³/mol. The van der Waals surface area contributed by atoms with E-state index >= 15 is 0 Å². The standard InChI is InChI=1S/C16H20N2O5/c1-18(2)15(20)11-5-3-4-10(8-11)9-17-14(19)12-6-7-13(23-12)16(21)22/h3-5,8,12-13H,6-7,9H2,1-2H3,(H,17,19)(H,21,22)/t12-,13+/m0/s1. The zero-order valence-corrected chi connectivity index (χ0v) is 13.1. The molecule has 1 fully saturated rings. The summed E-state index contributed by atoms with van der Waals surface area (Å²) < 4.78 is 5.19. The highest BCUT2D eigenvalue weighted by atomic mass is 16.5. The van der Waals surface area contributed by atoms with Crippen molar-refractivity contribution in [1.82, 2.24) is 10.2 Å². The molecule has 124 valence electrons. The minimum atomic E-state index is -1.05. The molecule has 0 radical (unpaired) electrons. The van der Waals surface area contributed by atoms with Gasteiger partial charge in [0.25, 0.3) is 5.91 Å². The minimum absolute atomic E-state index is 0.110. The van der Waals surface area contributed by atoms with Gasteiger partial charge < -0.3 is 20.1 Å². The Morgan fingerprint density at radius 2 is 1.96 bits per heavy atom. The van der Waals surface area contributed by atoms with E-state index in [4.69, 9.17) is 9.84 Å². The number of carboxylic acids is 1. The monoisotopic (exact) mass is 320 g/mol. The molecule has 0 bridgehead atoms. The number of amides is 2. The van der Waals surface area contributed by atoms with Gasteiger partial charge in [0, 0.05) is 26.2 Å². The molecule has 7 nitrogen and oxygen atoms in total. The third-order valence-corrected chi connectivity index (χ3v) is 3.63. The van der Waals surface area contributed by atoms with Gasteiger partial charge in [-0.15, -0.1) is 0 Å². The lowest BCUT2D eigenvalue weighted by Gasteiger charge is -2.13. The van der Waals surface area contributed by atoms with Gasteiger partial charge in [0.05, 0.1) is 0 Å². The molecule has 0 aliphatic carbocycles. The maximum Gasteiger partial charge on any atom is 0.332 e. The first-order chi connectivity index (χ1) is 10.9. The Bertz CT molecular complexity index is 614. The summed E-state index contributed by atoms with van der Waals surface area (Å²) in [6.07, 6.45) is -0.920. The number of rotatable bonds is 5. The van der Waals surface area contributed by atoms with Gasteiger partial charge in [-0.25, -0.2) is 4.79 Å². The Labute approximate surface area is 134 Å². The van der Waals surface area contributed by atoms with Crippen LogP contribution in [0.5, 0.6) is 0 Å². The van der Waals surface area contributed by atoms with Crippen molar-refractivity contribution >= 4 is 17.8 Å². The molecule has 1 heterocycles. The highest BCUT2D eigenvalue weighted by Gasteiger charge is 2.34. The smallest absolute Gasteiger partial charge is 0.332 e. The number of ether oxygens (including phenoxy) is 1. The van der Waals surface area contributed by atoms with Gasteiger partial charge in [0.2, 0.25) is 5.91 Å². The van der Waals surface area contributed by atoms with E-state index in [1.165, 1.54) is 4.90 Å². The first-order valence-corrected chi connectivity index (χ1v) is 7.35. The number of carbonyl (C=O) groups excluding carboxylic acids is 2. The van der Waals surface area contributed by atoms with Crippen molar-refractivity contribution in [3.63, 3.8) is 0 Å². The Morgan fingerprint density at radius 3 is 2.57 bits per heavy atom. The summed E-state index contributed by atoms with van der Waals surface area (Å²) in [6.45, 7) is 0.255. The van der Waals surface area contributed by atoms with Crippen LogP contribution in [-0.4, -0.2) is 54.1 Å². The molecular formula is C16H20N2O5. The topological polar surface area (TPSA) is 95.9 Å². The molecule has 0 unspecified atom stereocenters. The molecule has 0 spiro atoms. The summed E-state index contributed by atoms with van der Waals surface area (Å²) in [4.78, 5) is 36.2. The molecule has 1 aliphatic heterocycles. The molecule has 7 heteroatoms. The van der Waals surface area contributed by atoms with Crippen molar-refractivity contribution in [3.8, 4) is 0 Å². The Balaban J connectivity index is 1.91. The van der Waals surface area contributed by atoms with Gasteiger partial charge in [0.1, 0.15) is 6.10 Å². The van der Waals surface area contributed by atoms with E-state index in [0.29, 0.717) is 18.4 Å². The molecular weight excluding hydrogens is 300 g/mol. The lowest BCUT2D eigenvalue weighted by Crippen LogP contribution is -2.35. The van der Waals surface area contributed by atoms with Crippen molar-refractivity contribution in [2.24, 2.45) is 0 Å². The van der Waals surface area contributed by atoms with Gasteiger partial charge in [-0.2, -0.15) is 0 Å². The Kier molecular flexibility index (Phi) is 5.33. The van der Waals surface area contributed by atoms with E-state index in [9.17, 15) is 14.4 Å². The zero-order chi connectivity index (χ0) is 17.0. The SMILES string of the molecule is CN(C)C(=O)c1cccc(CNC(=O)[C@@H]2CC[C@H](C(=O)O)O2)c1. The first kappa shape index (κ1) is 17.0. The van der Waals surface area contributed by atoms with Gasteiger partial charge >= 0.3 is 5.97 Å². The fourth-order valence-electron chi connectivity index (χ4n) is 2.39. The Hall–Kier alpha value is -2.41. The number of hydrogen-bond donors (Lipinski definition) is 2. The maximum atomic E-state index is 12.0. The van der Waals surface area contributed by atoms with Crippen LogP contribution < -0.4 is 5.32 Å². The summed E-state index contributed by atoms with van der Waals surface area (Å²) in [5, 5.41) is 11.6. The van der Waals surface area contributed by atoms with Gasteiger partial charge in [-0.05, 0) is 30.5 Å². The molecule has 2 rings (SSSR count). The van der Waals surface area contributed by atoms with E-state index in [2.05, 4.69) is 5.32 Å². The third kappa shape index (κ3) is 4.29. The van der Waals surface area contributed by atoms with Crippen LogP contribution in [0.3, 0.4) is 0 Å². The van der Waals surface area contributed by atoms with Crippen LogP contribution in [0.1, 0.15) is 28.8 Å². The molecule has 2 atom stereocenters. The quantitative estimate of drug-likeness (QED) is 0.830. The first-order valence-electron chi connectivity index (χ1n) is 7.35. The summed E-state index contributed by atoms with van der Waals surface area (Å²) in [6, 6.07) is 7.00. The largest absolute Gasteiger partial charge is 0.479 e. The normalized spacial score (nSPS) is 20.1. The molecule has 2 amide bonds. The molecule has 2 N–H and O–H groups in total. The fourth-order valence-corrected chi connectivity index (χ4v) is 2.39. The third-order valence-electron chi connectivity index (χ3n) is 3.63. The van der Waals surface area contributed by atoms with Crippen molar-refractivity contribution in [2.75, 3.05) is 14.1 Å². The molecule has 1 aliphatic rings. The fraction of sp³-hybridized carbons (Fsp3) is 0.438. The van der Waals surface area contributed by atoms with Crippen LogP contribution in [0.15, 0.2) is 24.3 Å². The second-order valence-corrected chi connectivity index (χ2v) is 5.65. The van der Waals surface area contributed by atoms with E-state index in [-0.39, 0.29) is 18.4 Å². The van der Waals surface area contributed by atoms with Crippen molar-refractivity contribution in [1.29, 1.82) is 0 Å². The van der Waals surface area contributed by atoms with Crippen LogP contribution in [0.25, 0.3) is 0 Å². The number of hydrogen-bond acceptors (Lipinski definition) is 4. The molecule has 1 saturated heterocycles. The highest BCUT2D eigenvalue weighted by Crippen LogP contribution is 2.20. The lowest BCUT2D eigenvalue weighted by atomic mass is 10.1. The van der Waals surface area contributed by atoms with Crippen molar-refractivity contribution < 1.29 is 24.2 Å². The van der Waals surface area contributed by atoms with E-state index < -0.39 is 18.2 Å². The summed E-state index contributed by atoms with van der Waals surface area (Å²) in [7, 11) is 3.35. The number of carboxylic acid groups (broad SMARTS) is 1. The van der Waals surface area contributed by atoms with E-state index in [0.717, 1.165) is 5.56 Å². The summed E-state index contributed by atoms with van der Waals surface area (Å²) in [5.41, 5.74) is 1.34. The molecule has 23 heavy (non-hydrogen) atoms. The van der Waals surface area contributed by atoms with E-state index in [1.54, 1.807) is 32.3 Å². The second-order valence-electron chi connectivity index (χ2n) is 5.65. The number of nitrogens with one attached hydrogen (secondary N) is 1. The molecule has 0 aromatic heterocycles. The minimum Gasteiger partial charge on any atom is -0.479 e. The second kappa shape index (κ2) is 7.23. The number of carbonyl (C=O) groups is 3. The predicted octanol–water partition coefficient (Wildman–Crippen LogP) is 0.637. The highest BCUT2D eigenvalue weighted by molar-refractivity contribution is 5.94. The number of aliphatic carboxylic acids is 1. The average Bonchev–Trinajstić information content (AvgIpc) is 3.02. The maximum absolute atomic E-state index is 12.0. The zero-order valence-electron chi connectivity index (χ0n) is 13.1. The lowest BCUT2D eigenvalue weighted by molar-refractivity contribution is -0.151. The average molecular weight is 320 g/mol. The molecule has 1 aromatic carbocycles. The molecule has 0 saturated carbocycles. The molecule has 1 aromatic rings. The van der Waals surface area contributed by atoms with Crippen LogP contribution >= 0.6 is 0 Å².